The molecule has 0 aromatic carbocycles. The molecule has 0 unspecified atom stereocenters. The molecule has 182 valence electrons. The molecule has 3 aliphatic rings. The van der Waals surface area contributed by atoms with Crippen LogP contribution in [0.5, 0.6) is 0 Å². The van der Waals surface area contributed by atoms with Gasteiger partial charge in [0.15, 0.2) is 10.8 Å². The number of aromatic nitrogens is 1. The van der Waals surface area contributed by atoms with Gasteiger partial charge in [-0.15, -0.1) is 35.5 Å². The van der Waals surface area contributed by atoms with Gasteiger partial charge in [0.05, 0.1) is 20.1 Å². The quantitative estimate of drug-likeness (QED) is 0.142. The SMILES string of the molecule is CO/N=C(/C(=O)N[C@@H]1C(=O)N2C(C(=O)O)=C(C[N+]3(C)CCCC3)CS[C@H]12)c1csc(N)n1.Cl.[NaH]. The number of thioether (sulfide) groups is 1. The van der Waals surface area contributed by atoms with Crippen molar-refractivity contribution in [2.24, 2.45) is 5.16 Å². The number of thiazole rings is 1. The van der Waals surface area contributed by atoms with Crippen molar-refractivity contribution in [3.05, 3.63) is 22.3 Å². The average molecular weight is 542 g/mol. The summed E-state index contributed by atoms with van der Waals surface area (Å²) >= 11 is 2.61. The molecule has 0 spiro atoms. The van der Waals surface area contributed by atoms with E-state index in [0.717, 1.165) is 47.3 Å². The number of halogens is 1. The van der Waals surface area contributed by atoms with Crippen LogP contribution >= 0.6 is 35.5 Å². The minimum atomic E-state index is -1.12. The maximum absolute atomic E-state index is 12.9. The number of rotatable bonds is 7. The van der Waals surface area contributed by atoms with E-state index >= 15 is 0 Å². The van der Waals surface area contributed by atoms with E-state index in [4.69, 9.17) is 10.6 Å². The summed E-state index contributed by atoms with van der Waals surface area (Å²) in [5.41, 5.74) is 6.59. The van der Waals surface area contributed by atoms with Gasteiger partial charge in [-0.3, -0.25) is 14.5 Å². The van der Waals surface area contributed by atoms with E-state index in [2.05, 4.69) is 22.5 Å². The Hall–Kier alpha value is -1.35. The first-order valence-corrected chi connectivity index (χ1v) is 12.0. The fourth-order valence-electron chi connectivity index (χ4n) is 4.42. The van der Waals surface area contributed by atoms with Crippen LogP contribution in [0.1, 0.15) is 18.5 Å². The zero-order valence-corrected chi connectivity index (χ0v) is 20.6. The normalized spacial score (nSPS) is 23.3. The molecule has 11 nitrogen and oxygen atoms in total. The summed E-state index contributed by atoms with van der Waals surface area (Å²) in [4.78, 5) is 47.9. The number of aliphatic carboxylic acids is 1. The van der Waals surface area contributed by atoms with Crippen LogP contribution in [0.4, 0.5) is 5.13 Å². The van der Waals surface area contributed by atoms with Crippen LogP contribution in [0.15, 0.2) is 21.8 Å². The Morgan fingerprint density at radius 3 is 2.65 bits per heavy atom. The number of oxime groups is 1. The Kier molecular flexibility index (Phi) is 9.85. The molecule has 2 amide bonds. The number of likely N-dealkylation sites (tertiary alicyclic amines) is 1. The first kappa shape index (κ1) is 28.9. The summed E-state index contributed by atoms with van der Waals surface area (Å²) in [7, 11) is 3.42. The number of amides is 2. The van der Waals surface area contributed by atoms with Crippen molar-refractivity contribution >= 4 is 93.7 Å². The number of likely N-dealkylation sites (N-methyl/N-ethyl adjacent to an activating group) is 1. The summed E-state index contributed by atoms with van der Waals surface area (Å²) in [6, 6.07) is -0.863. The molecular weight excluding hydrogens is 515 g/mol. The van der Waals surface area contributed by atoms with E-state index in [0.29, 0.717) is 12.3 Å². The second-order valence-corrected chi connectivity index (χ2v) is 10.2. The molecule has 34 heavy (non-hydrogen) atoms. The Labute approximate surface area is 233 Å². The number of carbonyl (C=O) groups is 3. The van der Waals surface area contributed by atoms with Gasteiger partial charge in [0.25, 0.3) is 11.8 Å². The fraction of sp³-hybridized carbons (Fsp3) is 0.526. The molecule has 4 heterocycles. The van der Waals surface area contributed by atoms with Crippen molar-refractivity contribution in [2.45, 2.75) is 24.3 Å². The van der Waals surface area contributed by atoms with Gasteiger partial charge in [-0.2, -0.15) is 0 Å². The van der Waals surface area contributed by atoms with Crippen LogP contribution in [-0.2, 0) is 19.2 Å². The van der Waals surface area contributed by atoms with Gasteiger partial charge in [0, 0.05) is 29.5 Å². The standard InChI is InChI=1S/C19H24N6O5S2.ClH.Na.H/c1-25(5-3-4-6-25)7-10-8-31-17-13(16(27)24(17)14(10)18(28)29)22-15(26)12(23-30-2)11-9-32-19(20)21-11;;;/h9,13,17H,3-8H2,1-2H3,(H3-,20,21,22,26,28,29);1H;;/p+1/b23-12+;;;/t13-,17-;;;/m1.../s1. The molecule has 15 heteroatoms. The van der Waals surface area contributed by atoms with Gasteiger partial charge in [-0.25, -0.2) is 9.78 Å². The summed E-state index contributed by atoms with van der Waals surface area (Å²) < 4.78 is 0.785. The predicted octanol–water partition coefficient (Wildman–Crippen LogP) is -0.172. The van der Waals surface area contributed by atoms with Crippen molar-refractivity contribution in [3.8, 4) is 0 Å². The number of hydrogen-bond donors (Lipinski definition) is 3. The van der Waals surface area contributed by atoms with Crippen LogP contribution in [0.25, 0.3) is 0 Å². The molecule has 1 aromatic heterocycles. The molecule has 0 bridgehead atoms. The van der Waals surface area contributed by atoms with Crippen molar-refractivity contribution in [2.75, 3.05) is 45.3 Å². The maximum atomic E-state index is 12.9. The van der Waals surface area contributed by atoms with E-state index in [-0.39, 0.29) is 64.2 Å². The fourth-order valence-corrected chi connectivity index (χ4v) is 6.31. The zero-order chi connectivity index (χ0) is 23.0. The molecule has 1 aromatic rings. The van der Waals surface area contributed by atoms with Crippen LogP contribution in [0, 0.1) is 0 Å². The van der Waals surface area contributed by atoms with Crippen molar-refractivity contribution in [1.82, 2.24) is 15.2 Å². The summed E-state index contributed by atoms with van der Waals surface area (Å²) in [5.74, 6) is -1.71. The number of fused-ring (bicyclic) bond motifs is 1. The molecule has 0 aliphatic carbocycles. The van der Waals surface area contributed by atoms with E-state index < -0.39 is 29.2 Å². The van der Waals surface area contributed by atoms with Crippen LogP contribution < -0.4 is 11.1 Å². The molecular formula is C19H27ClN6NaO5S2+. The summed E-state index contributed by atoms with van der Waals surface area (Å²) in [6.45, 7) is 2.61. The van der Waals surface area contributed by atoms with Gasteiger partial charge in [-0.05, 0) is 0 Å². The molecule has 2 saturated heterocycles. The third-order valence-electron chi connectivity index (χ3n) is 5.92. The molecule has 4 N–H and O–H groups in total. The molecule has 0 saturated carbocycles. The number of quaternary nitrogens is 1. The number of nitrogens with zero attached hydrogens (tertiary/aromatic N) is 4. The zero-order valence-electron chi connectivity index (χ0n) is 18.1. The number of nitrogen functional groups attached to an aromatic ring is 1. The molecule has 4 rings (SSSR count). The van der Waals surface area contributed by atoms with Crippen molar-refractivity contribution < 1.29 is 28.8 Å². The van der Waals surface area contributed by atoms with Crippen LogP contribution in [0.3, 0.4) is 0 Å². The Morgan fingerprint density at radius 1 is 1.41 bits per heavy atom. The van der Waals surface area contributed by atoms with Crippen LogP contribution in [-0.4, -0.2) is 123 Å². The van der Waals surface area contributed by atoms with E-state index in [1.54, 1.807) is 5.38 Å². The van der Waals surface area contributed by atoms with Gasteiger partial charge in [0.1, 0.15) is 36.5 Å². The molecule has 2 atom stereocenters. The number of carboxylic acid groups (broad SMARTS) is 1. The van der Waals surface area contributed by atoms with Gasteiger partial charge >= 0.3 is 35.5 Å². The first-order valence-electron chi connectivity index (χ1n) is 10.1. The second-order valence-electron chi connectivity index (χ2n) is 8.24. The number of hydrogen-bond acceptors (Lipinski definition) is 9. The Balaban J connectivity index is 0.00000204. The number of nitrogens with one attached hydrogen (secondary N) is 1. The van der Waals surface area contributed by atoms with Crippen molar-refractivity contribution in [3.63, 3.8) is 0 Å². The Morgan fingerprint density at radius 2 is 2.09 bits per heavy atom. The average Bonchev–Trinajstić information content (AvgIpc) is 3.37. The summed E-state index contributed by atoms with van der Waals surface area (Å²) in [5, 5.41) is 17.6. The minimum absolute atomic E-state index is 0. The van der Waals surface area contributed by atoms with E-state index in [1.807, 2.05) is 0 Å². The molecule has 2 fully saturated rings. The number of β-lactam (4-membered cyclic amide) rings is 1. The summed E-state index contributed by atoms with van der Waals surface area (Å²) in [6.07, 6.45) is 2.24. The van der Waals surface area contributed by atoms with Gasteiger partial charge in [-0.1, -0.05) is 5.16 Å². The van der Waals surface area contributed by atoms with Crippen molar-refractivity contribution in [1.29, 1.82) is 0 Å². The molecule has 0 radical (unpaired) electrons. The van der Waals surface area contributed by atoms with Gasteiger partial charge < -0.3 is 25.5 Å². The Bertz CT molecular complexity index is 1030. The van der Waals surface area contributed by atoms with E-state index in [9.17, 15) is 19.5 Å². The third kappa shape index (κ3) is 5.55. The topological polar surface area (TPSA) is 147 Å². The van der Waals surface area contributed by atoms with Crippen LogP contribution in [0.2, 0.25) is 0 Å². The van der Waals surface area contributed by atoms with Gasteiger partial charge in [0.2, 0.25) is 0 Å². The number of carboxylic acids is 1. The monoisotopic (exact) mass is 541 g/mol. The predicted molar refractivity (Wildman–Crippen MR) is 134 cm³/mol. The second kappa shape index (κ2) is 11.6. The molecule has 3 aliphatic heterocycles. The number of nitrogens with two attached hydrogens (primary N) is 1. The third-order valence-corrected chi connectivity index (χ3v) is 7.93. The number of anilines is 1. The van der Waals surface area contributed by atoms with E-state index in [1.165, 1.54) is 23.8 Å². The number of carbonyl (C=O) groups excluding carboxylic acids is 2. The first-order chi connectivity index (χ1) is 15.2.